The van der Waals surface area contributed by atoms with Gasteiger partial charge in [-0.2, -0.15) is 9.36 Å². The summed E-state index contributed by atoms with van der Waals surface area (Å²) in [6.07, 6.45) is 0. The molecular formula is C10H7BrN2O3S. The van der Waals surface area contributed by atoms with Crippen molar-refractivity contribution in [1.29, 1.82) is 0 Å². The Morgan fingerprint density at radius 2 is 2.29 bits per heavy atom. The largest absolute Gasteiger partial charge is 0.478 e. The molecule has 7 heteroatoms. The van der Waals surface area contributed by atoms with Gasteiger partial charge in [-0.1, -0.05) is 15.9 Å². The number of carbonyl (C=O) groups is 1. The monoisotopic (exact) mass is 314 g/mol. The average Bonchev–Trinajstić information content (AvgIpc) is 2.63. The predicted molar refractivity (Wildman–Crippen MR) is 65.8 cm³/mol. The van der Waals surface area contributed by atoms with Crippen LogP contribution in [0.3, 0.4) is 0 Å². The van der Waals surface area contributed by atoms with Crippen molar-refractivity contribution >= 4 is 33.4 Å². The highest BCUT2D eigenvalue weighted by molar-refractivity contribution is 9.10. The van der Waals surface area contributed by atoms with E-state index < -0.39 is 5.97 Å². The summed E-state index contributed by atoms with van der Waals surface area (Å²) >= 11 is 4.34. The minimum absolute atomic E-state index is 0.0843. The molecule has 1 aromatic carbocycles. The number of nitrogens with zero attached hydrogens (tertiary/aromatic N) is 2. The van der Waals surface area contributed by atoms with Gasteiger partial charge < -0.3 is 9.84 Å². The van der Waals surface area contributed by atoms with E-state index in [0.717, 1.165) is 16.0 Å². The van der Waals surface area contributed by atoms with Gasteiger partial charge in [0.2, 0.25) is 0 Å². The number of ether oxygens (including phenoxy) is 1. The molecule has 2 aromatic rings. The van der Waals surface area contributed by atoms with E-state index in [0.29, 0.717) is 11.0 Å². The topological polar surface area (TPSA) is 72.3 Å². The number of aryl methyl sites for hydroxylation is 1. The predicted octanol–water partition coefficient (Wildman–Crippen LogP) is 3.10. The van der Waals surface area contributed by atoms with Gasteiger partial charge in [0, 0.05) is 16.0 Å². The Bertz CT molecular complexity index is 570. The molecule has 0 fully saturated rings. The van der Waals surface area contributed by atoms with Crippen molar-refractivity contribution in [2.75, 3.05) is 0 Å². The Labute approximate surface area is 109 Å². The Morgan fingerprint density at radius 1 is 1.53 bits per heavy atom. The maximum absolute atomic E-state index is 11.0. The van der Waals surface area contributed by atoms with Crippen LogP contribution < -0.4 is 4.74 Å². The second-order valence-corrected chi connectivity index (χ2v) is 4.79. The molecule has 1 N–H and O–H groups in total. The standard InChI is InChI=1S/C10H7BrN2O3S/c1-5-12-10(17-13-5)16-8-4-6(11)2-3-7(8)9(14)15/h2-4H,1H3,(H,14,15). The number of aromatic carboxylic acids is 1. The third-order valence-corrected chi connectivity index (χ3v) is 3.06. The minimum atomic E-state index is -1.05. The Hall–Kier alpha value is -1.47. The van der Waals surface area contributed by atoms with Gasteiger partial charge in [-0.15, -0.1) is 0 Å². The lowest BCUT2D eigenvalue weighted by atomic mass is 10.2. The summed E-state index contributed by atoms with van der Waals surface area (Å²) in [5.41, 5.74) is 0.0843. The quantitative estimate of drug-likeness (QED) is 0.942. The number of rotatable bonds is 3. The van der Waals surface area contributed by atoms with Gasteiger partial charge in [0.15, 0.2) is 0 Å². The van der Waals surface area contributed by atoms with E-state index in [1.165, 1.54) is 6.07 Å². The summed E-state index contributed by atoms with van der Waals surface area (Å²) in [4.78, 5) is 15.0. The molecule has 0 saturated heterocycles. The number of carboxylic acids is 1. The molecule has 5 nitrogen and oxygen atoms in total. The van der Waals surface area contributed by atoms with Gasteiger partial charge in [-0.3, -0.25) is 0 Å². The molecule has 2 rings (SSSR count). The lowest BCUT2D eigenvalue weighted by molar-refractivity contribution is 0.0694. The molecule has 0 unspecified atom stereocenters. The number of aromatic nitrogens is 2. The molecule has 0 aliphatic carbocycles. The van der Waals surface area contributed by atoms with E-state index in [1.807, 2.05) is 0 Å². The fraction of sp³-hybridized carbons (Fsp3) is 0.100. The first-order chi connectivity index (χ1) is 8.06. The zero-order valence-corrected chi connectivity index (χ0v) is 11.1. The lowest BCUT2D eigenvalue weighted by Crippen LogP contribution is -1.99. The first-order valence-corrected chi connectivity index (χ1v) is 6.14. The maximum Gasteiger partial charge on any atom is 0.339 e. The Balaban J connectivity index is 2.37. The van der Waals surface area contributed by atoms with Gasteiger partial charge in [-0.05, 0) is 25.1 Å². The molecule has 0 bridgehead atoms. The van der Waals surface area contributed by atoms with Crippen molar-refractivity contribution < 1.29 is 14.6 Å². The van der Waals surface area contributed by atoms with Crippen LogP contribution in [0.4, 0.5) is 0 Å². The van der Waals surface area contributed by atoms with E-state index in [9.17, 15) is 4.79 Å². The average molecular weight is 315 g/mol. The molecule has 0 spiro atoms. The van der Waals surface area contributed by atoms with Crippen molar-refractivity contribution in [3.63, 3.8) is 0 Å². The summed E-state index contributed by atoms with van der Waals surface area (Å²) in [5.74, 6) is -0.214. The fourth-order valence-electron chi connectivity index (χ4n) is 1.17. The SMILES string of the molecule is Cc1nsc(Oc2cc(Br)ccc2C(=O)O)n1. The normalized spacial score (nSPS) is 10.2. The van der Waals surface area contributed by atoms with E-state index in [2.05, 4.69) is 25.3 Å². The van der Waals surface area contributed by atoms with E-state index >= 15 is 0 Å². The lowest BCUT2D eigenvalue weighted by Gasteiger charge is -2.05. The number of benzene rings is 1. The summed E-state index contributed by atoms with van der Waals surface area (Å²) in [7, 11) is 0. The fourth-order valence-corrected chi connectivity index (χ4v) is 2.06. The molecule has 0 saturated carbocycles. The van der Waals surface area contributed by atoms with Crippen LogP contribution >= 0.6 is 27.5 Å². The van der Waals surface area contributed by atoms with Crippen LogP contribution in [-0.2, 0) is 0 Å². The third-order valence-electron chi connectivity index (χ3n) is 1.88. The van der Waals surface area contributed by atoms with Gasteiger partial charge >= 0.3 is 5.97 Å². The van der Waals surface area contributed by atoms with Crippen LogP contribution in [0.25, 0.3) is 0 Å². The smallest absolute Gasteiger partial charge is 0.339 e. The summed E-state index contributed by atoms with van der Waals surface area (Å²) in [6.45, 7) is 1.74. The number of hydrogen-bond donors (Lipinski definition) is 1. The van der Waals surface area contributed by atoms with Crippen molar-refractivity contribution in [1.82, 2.24) is 9.36 Å². The van der Waals surface area contributed by atoms with Crippen LogP contribution in [0.2, 0.25) is 0 Å². The van der Waals surface area contributed by atoms with E-state index in [1.54, 1.807) is 19.1 Å². The van der Waals surface area contributed by atoms with Crippen LogP contribution in [-0.4, -0.2) is 20.4 Å². The highest BCUT2D eigenvalue weighted by Gasteiger charge is 2.14. The first-order valence-electron chi connectivity index (χ1n) is 4.57. The van der Waals surface area contributed by atoms with Crippen molar-refractivity contribution in [3.05, 3.63) is 34.1 Å². The molecule has 0 amide bonds. The van der Waals surface area contributed by atoms with Gasteiger partial charge in [0.25, 0.3) is 5.19 Å². The molecule has 88 valence electrons. The van der Waals surface area contributed by atoms with Crippen LogP contribution in [0.1, 0.15) is 16.2 Å². The molecule has 0 radical (unpaired) electrons. The summed E-state index contributed by atoms with van der Waals surface area (Å²) < 4.78 is 10.1. The molecule has 0 aliphatic heterocycles. The van der Waals surface area contributed by atoms with Gasteiger partial charge in [0.05, 0.1) is 0 Å². The first kappa shape index (κ1) is 12.0. The Kier molecular flexibility index (Phi) is 3.39. The highest BCUT2D eigenvalue weighted by Crippen LogP contribution is 2.29. The van der Waals surface area contributed by atoms with Crippen LogP contribution in [0.5, 0.6) is 10.9 Å². The number of halogens is 1. The zero-order chi connectivity index (χ0) is 12.4. The molecule has 0 aliphatic rings. The molecular weight excluding hydrogens is 308 g/mol. The van der Waals surface area contributed by atoms with Crippen molar-refractivity contribution in [2.24, 2.45) is 0 Å². The molecule has 1 aromatic heterocycles. The minimum Gasteiger partial charge on any atom is -0.478 e. The van der Waals surface area contributed by atoms with Crippen LogP contribution in [0.15, 0.2) is 22.7 Å². The molecule has 1 heterocycles. The summed E-state index contributed by atoms with van der Waals surface area (Å²) in [6, 6.07) is 4.69. The van der Waals surface area contributed by atoms with Gasteiger partial charge in [0.1, 0.15) is 17.1 Å². The Morgan fingerprint density at radius 3 is 2.88 bits per heavy atom. The molecule has 0 atom stereocenters. The number of hydrogen-bond acceptors (Lipinski definition) is 5. The van der Waals surface area contributed by atoms with E-state index in [-0.39, 0.29) is 11.3 Å². The second kappa shape index (κ2) is 4.80. The maximum atomic E-state index is 11.0. The van der Waals surface area contributed by atoms with Crippen LogP contribution in [0, 0.1) is 6.92 Å². The van der Waals surface area contributed by atoms with Crippen molar-refractivity contribution in [2.45, 2.75) is 6.92 Å². The molecule has 17 heavy (non-hydrogen) atoms. The number of carboxylic acid groups (broad SMARTS) is 1. The zero-order valence-electron chi connectivity index (χ0n) is 8.68. The van der Waals surface area contributed by atoms with E-state index in [4.69, 9.17) is 9.84 Å². The highest BCUT2D eigenvalue weighted by atomic mass is 79.9. The summed E-state index contributed by atoms with van der Waals surface area (Å²) in [5, 5.41) is 9.33. The van der Waals surface area contributed by atoms with Crippen molar-refractivity contribution in [3.8, 4) is 10.9 Å². The third kappa shape index (κ3) is 2.80. The second-order valence-electron chi connectivity index (χ2n) is 3.16. The van der Waals surface area contributed by atoms with Gasteiger partial charge in [-0.25, -0.2) is 4.79 Å².